The average Bonchev–Trinajstić information content (AvgIpc) is 2.32. The zero-order chi connectivity index (χ0) is 12.8. The molecule has 92 valence electrons. The minimum Gasteiger partial charge on any atom is -0.872 e. The van der Waals surface area contributed by atoms with E-state index in [0.29, 0.717) is 6.42 Å². The number of nitro groups is 1. The van der Waals surface area contributed by atoms with Crippen molar-refractivity contribution in [3.05, 3.63) is 33.9 Å². The molecule has 1 atom stereocenters. The molecule has 1 aromatic carbocycles. The molecule has 0 saturated heterocycles. The fourth-order valence-corrected chi connectivity index (χ4v) is 1.22. The Morgan fingerprint density at radius 2 is 2.29 bits per heavy atom. The third-order valence-electron chi connectivity index (χ3n) is 2.31. The van der Waals surface area contributed by atoms with E-state index in [1.807, 2.05) is 6.92 Å². The largest absolute Gasteiger partial charge is 0.872 e. The maximum atomic E-state index is 11.4. The van der Waals surface area contributed by atoms with Crippen LogP contribution in [0, 0.1) is 10.1 Å². The van der Waals surface area contributed by atoms with E-state index in [0.717, 1.165) is 12.1 Å². The summed E-state index contributed by atoms with van der Waals surface area (Å²) in [6, 6.07) is 3.19. The Morgan fingerprint density at radius 3 is 2.82 bits per heavy atom. The lowest BCUT2D eigenvalue weighted by molar-refractivity contribution is -0.385. The maximum absolute atomic E-state index is 11.4. The lowest BCUT2D eigenvalue weighted by Crippen LogP contribution is -2.09. The third kappa shape index (κ3) is 3.53. The minimum atomic E-state index is -0.569. The molecule has 0 aliphatic rings. The number of nitro benzene ring substituents is 1. The van der Waals surface area contributed by atoms with Gasteiger partial charge in [-0.3, -0.25) is 15.1 Å². The van der Waals surface area contributed by atoms with Gasteiger partial charge in [-0.25, -0.2) is 0 Å². The maximum Gasteiger partial charge on any atom is 0.270 e. The Balaban J connectivity index is 2.97. The van der Waals surface area contributed by atoms with E-state index >= 15 is 0 Å². The molecule has 0 fully saturated rings. The van der Waals surface area contributed by atoms with E-state index < -0.39 is 4.92 Å². The number of rotatable bonds is 5. The topological polar surface area (TPSA) is 98.8 Å². The summed E-state index contributed by atoms with van der Waals surface area (Å²) in [7, 11) is 0. The summed E-state index contributed by atoms with van der Waals surface area (Å²) in [4.78, 5) is 14.0. The van der Waals surface area contributed by atoms with Crippen molar-refractivity contribution in [3.8, 4) is 5.75 Å². The fraction of sp³-hybridized carbons (Fsp3) is 0.364. The van der Waals surface area contributed by atoms with Crippen molar-refractivity contribution in [3.63, 3.8) is 0 Å². The molecule has 0 aliphatic heterocycles. The molecule has 0 radical (unpaired) electrons. The van der Waals surface area contributed by atoms with Gasteiger partial charge in [-0.1, -0.05) is 18.7 Å². The summed E-state index contributed by atoms with van der Waals surface area (Å²) in [5.41, 5.74) is 0.00852. The fourth-order valence-electron chi connectivity index (χ4n) is 1.22. The smallest absolute Gasteiger partial charge is 0.270 e. The lowest BCUT2D eigenvalue weighted by Gasteiger charge is -2.10. The first kappa shape index (κ1) is 13.1. The second kappa shape index (κ2) is 5.95. The zero-order valence-corrected chi connectivity index (χ0v) is 9.37. The number of aliphatic hydroxyl groups is 1. The van der Waals surface area contributed by atoms with Crippen molar-refractivity contribution in [1.82, 2.24) is 0 Å². The van der Waals surface area contributed by atoms with E-state index in [1.165, 1.54) is 12.3 Å². The normalized spacial score (nSPS) is 12.8. The molecule has 0 saturated carbocycles. The van der Waals surface area contributed by atoms with Crippen LogP contribution in [0.3, 0.4) is 0 Å². The van der Waals surface area contributed by atoms with Gasteiger partial charge >= 0.3 is 0 Å². The standard InChI is InChI=1S/C11H14N2O4/c1-2-9(7-14)12-6-8-5-10(13(16)17)3-4-11(8)15/h3-6,9,14-15H,2,7H2,1H3/p-1/t9-/m0/s1. The summed E-state index contributed by atoms with van der Waals surface area (Å²) >= 11 is 0. The van der Waals surface area contributed by atoms with Gasteiger partial charge in [0, 0.05) is 18.3 Å². The summed E-state index contributed by atoms with van der Waals surface area (Å²) in [5.74, 6) is -0.327. The first-order valence-corrected chi connectivity index (χ1v) is 5.18. The first-order chi connectivity index (χ1) is 8.08. The Morgan fingerprint density at radius 1 is 1.59 bits per heavy atom. The number of aliphatic imine (C=N–C) groups is 1. The van der Waals surface area contributed by atoms with E-state index in [-0.39, 0.29) is 29.6 Å². The number of aliphatic hydroxyl groups excluding tert-OH is 1. The first-order valence-electron chi connectivity index (χ1n) is 5.18. The molecule has 0 aliphatic carbocycles. The van der Waals surface area contributed by atoms with Gasteiger partial charge in [-0.15, -0.1) is 0 Å². The average molecular weight is 237 g/mol. The quantitative estimate of drug-likeness (QED) is 0.466. The number of benzene rings is 1. The Kier molecular flexibility index (Phi) is 4.59. The third-order valence-corrected chi connectivity index (χ3v) is 2.31. The summed E-state index contributed by atoms with van der Waals surface area (Å²) in [5, 5.41) is 30.9. The molecule has 0 unspecified atom stereocenters. The van der Waals surface area contributed by atoms with Crippen molar-refractivity contribution in [2.24, 2.45) is 4.99 Å². The van der Waals surface area contributed by atoms with Gasteiger partial charge in [0.15, 0.2) is 0 Å². The molecule has 0 heterocycles. The Labute approximate surface area is 98.4 Å². The highest BCUT2D eigenvalue weighted by molar-refractivity contribution is 5.84. The molecule has 0 spiro atoms. The van der Waals surface area contributed by atoms with E-state index in [9.17, 15) is 15.2 Å². The Bertz CT molecular complexity index is 427. The second-order valence-electron chi connectivity index (χ2n) is 3.50. The predicted octanol–water partition coefficient (Wildman–Crippen LogP) is 0.858. The molecular weight excluding hydrogens is 224 g/mol. The van der Waals surface area contributed by atoms with Gasteiger partial charge < -0.3 is 10.2 Å². The minimum absolute atomic E-state index is 0.115. The zero-order valence-electron chi connectivity index (χ0n) is 9.37. The van der Waals surface area contributed by atoms with Crippen molar-refractivity contribution in [1.29, 1.82) is 0 Å². The Hall–Kier alpha value is -1.95. The van der Waals surface area contributed by atoms with Crippen molar-refractivity contribution >= 4 is 11.9 Å². The predicted molar refractivity (Wildman–Crippen MR) is 61.3 cm³/mol. The second-order valence-corrected chi connectivity index (χ2v) is 3.50. The molecule has 0 aromatic heterocycles. The van der Waals surface area contributed by atoms with Crippen LogP contribution >= 0.6 is 0 Å². The molecular formula is C11H13N2O4-. The van der Waals surface area contributed by atoms with Crippen LogP contribution in [0.2, 0.25) is 0 Å². The van der Waals surface area contributed by atoms with Gasteiger partial charge in [0.1, 0.15) is 0 Å². The molecule has 17 heavy (non-hydrogen) atoms. The highest BCUT2D eigenvalue weighted by Gasteiger charge is 2.06. The summed E-state index contributed by atoms with van der Waals surface area (Å²) in [6.45, 7) is 1.74. The number of hydrogen-bond donors (Lipinski definition) is 1. The molecule has 1 aromatic rings. The number of non-ortho nitro benzene ring substituents is 1. The van der Waals surface area contributed by atoms with Crippen molar-refractivity contribution in [2.75, 3.05) is 6.61 Å². The van der Waals surface area contributed by atoms with Crippen molar-refractivity contribution < 1.29 is 15.1 Å². The van der Waals surface area contributed by atoms with Gasteiger partial charge in [0.05, 0.1) is 17.6 Å². The number of hydrogen-bond acceptors (Lipinski definition) is 5. The SMILES string of the molecule is CC[C@@H](CO)N=Cc1cc([N+](=O)[O-])ccc1[O-]. The molecule has 0 bridgehead atoms. The highest BCUT2D eigenvalue weighted by atomic mass is 16.6. The van der Waals surface area contributed by atoms with Gasteiger partial charge in [-0.2, -0.15) is 0 Å². The molecule has 6 nitrogen and oxygen atoms in total. The van der Waals surface area contributed by atoms with E-state index in [4.69, 9.17) is 5.11 Å². The molecule has 0 amide bonds. The van der Waals surface area contributed by atoms with Crippen LogP contribution in [0.15, 0.2) is 23.2 Å². The molecule has 6 heteroatoms. The van der Waals surface area contributed by atoms with Crippen LogP contribution in [0.1, 0.15) is 18.9 Å². The van der Waals surface area contributed by atoms with Crippen LogP contribution in [-0.4, -0.2) is 28.9 Å². The highest BCUT2D eigenvalue weighted by Crippen LogP contribution is 2.19. The molecule has 1 rings (SSSR count). The van der Waals surface area contributed by atoms with Gasteiger partial charge in [-0.05, 0) is 12.0 Å². The number of nitrogens with zero attached hydrogens (tertiary/aromatic N) is 2. The molecule has 1 N–H and O–H groups in total. The summed E-state index contributed by atoms with van der Waals surface area (Å²) < 4.78 is 0. The van der Waals surface area contributed by atoms with Crippen LogP contribution in [0.25, 0.3) is 0 Å². The lowest BCUT2D eigenvalue weighted by atomic mass is 10.2. The van der Waals surface area contributed by atoms with Crippen LogP contribution in [0.5, 0.6) is 5.75 Å². The van der Waals surface area contributed by atoms with Crippen LogP contribution in [0.4, 0.5) is 5.69 Å². The van der Waals surface area contributed by atoms with E-state index in [2.05, 4.69) is 4.99 Å². The van der Waals surface area contributed by atoms with Gasteiger partial charge in [0.25, 0.3) is 5.69 Å². The van der Waals surface area contributed by atoms with Gasteiger partial charge in [0.2, 0.25) is 0 Å². The summed E-state index contributed by atoms with van der Waals surface area (Å²) in [6.07, 6.45) is 1.91. The van der Waals surface area contributed by atoms with E-state index in [1.54, 1.807) is 0 Å². The van der Waals surface area contributed by atoms with Crippen LogP contribution in [-0.2, 0) is 0 Å². The van der Waals surface area contributed by atoms with Crippen molar-refractivity contribution in [2.45, 2.75) is 19.4 Å². The monoisotopic (exact) mass is 237 g/mol. The van der Waals surface area contributed by atoms with Crippen LogP contribution < -0.4 is 5.11 Å².